The van der Waals surface area contributed by atoms with Crippen LogP contribution in [0.25, 0.3) is 0 Å². The molecule has 6 nitrogen and oxygen atoms in total. The molecule has 0 aromatic carbocycles. The third kappa shape index (κ3) is 4.33. The molecule has 0 spiro atoms. The second kappa shape index (κ2) is 6.68. The maximum atomic E-state index is 11.9. The molecule has 0 saturated carbocycles. The quantitative estimate of drug-likeness (QED) is 0.827. The van der Waals surface area contributed by atoms with Crippen molar-refractivity contribution in [1.82, 2.24) is 15.4 Å². The molecule has 2 heterocycles. The van der Waals surface area contributed by atoms with Crippen LogP contribution in [-0.4, -0.2) is 49.2 Å². The summed E-state index contributed by atoms with van der Waals surface area (Å²) in [7, 11) is 1.99. The van der Waals surface area contributed by atoms with Gasteiger partial charge in [0, 0.05) is 6.07 Å². The predicted molar refractivity (Wildman–Crippen MR) is 73.0 cm³/mol. The number of aryl methyl sites for hydroxylation is 1. The van der Waals surface area contributed by atoms with Gasteiger partial charge in [0.2, 0.25) is 5.91 Å². The number of carbonyl (C=O) groups is 1. The Morgan fingerprint density at radius 3 is 2.84 bits per heavy atom. The largest absolute Gasteiger partial charge is 0.360 e. The van der Waals surface area contributed by atoms with Gasteiger partial charge in [-0.3, -0.25) is 9.69 Å². The molecule has 0 radical (unpaired) electrons. The van der Waals surface area contributed by atoms with Crippen LogP contribution in [0.5, 0.6) is 0 Å². The standard InChI is InChI=1S/C13H22N4O2/c1-10-7-12(16-19-10)15-13(18)9-17-5-3-11(4-6-17)8-14-2/h7,11,14H,3-6,8-9H2,1-2H3,(H,15,16,18). The number of hydrogen-bond donors (Lipinski definition) is 2. The van der Waals surface area contributed by atoms with E-state index in [1.807, 2.05) is 7.05 Å². The van der Waals surface area contributed by atoms with Crippen molar-refractivity contribution < 1.29 is 9.32 Å². The summed E-state index contributed by atoms with van der Waals surface area (Å²) >= 11 is 0. The Bertz CT molecular complexity index is 411. The van der Waals surface area contributed by atoms with Crippen LogP contribution in [0.4, 0.5) is 5.82 Å². The Hall–Kier alpha value is -1.40. The van der Waals surface area contributed by atoms with E-state index in [-0.39, 0.29) is 5.91 Å². The zero-order valence-electron chi connectivity index (χ0n) is 11.6. The first kappa shape index (κ1) is 14.0. The minimum atomic E-state index is -0.0274. The van der Waals surface area contributed by atoms with Crippen molar-refractivity contribution in [2.75, 3.05) is 38.5 Å². The molecule has 1 aliphatic rings. The first-order valence-corrected chi connectivity index (χ1v) is 6.77. The monoisotopic (exact) mass is 266 g/mol. The van der Waals surface area contributed by atoms with Gasteiger partial charge in [0.05, 0.1) is 6.54 Å². The molecule has 0 aliphatic carbocycles. The molecule has 2 rings (SSSR count). The van der Waals surface area contributed by atoms with Crippen molar-refractivity contribution in [2.45, 2.75) is 19.8 Å². The summed E-state index contributed by atoms with van der Waals surface area (Å²) < 4.78 is 4.91. The topological polar surface area (TPSA) is 70.4 Å². The third-order valence-corrected chi connectivity index (χ3v) is 3.46. The van der Waals surface area contributed by atoms with Gasteiger partial charge in [-0.05, 0) is 52.4 Å². The highest BCUT2D eigenvalue weighted by Gasteiger charge is 2.20. The smallest absolute Gasteiger partial charge is 0.239 e. The molecule has 1 fully saturated rings. The minimum Gasteiger partial charge on any atom is -0.360 e. The van der Waals surface area contributed by atoms with Crippen molar-refractivity contribution in [3.63, 3.8) is 0 Å². The van der Waals surface area contributed by atoms with E-state index >= 15 is 0 Å². The van der Waals surface area contributed by atoms with Gasteiger partial charge in [-0.1, -0.05) is 5.16 Å². The molecule has 0 atom stereocenters. The lowest BCUT2D eigenvalue weighted by atomic mass is 9.97. The van der Waals surface area contributed by atoms with Crippen molar-refractivity contribution >= 4 is 11.7 Å². The average molecular weight is 266 g/mol. The molecule has 0 unspecified atom stereocenters. The molecule has 1 saturated heterocycles. The van der Waals surface area contributed by atoms with Gasteiger partial charge in [-0.25, -0.2) is 0 Å². The highest BCUT2D eigenvalue weighted by molar-refractivity contribution is 5.91. The van der Waals surface area contributed by atoms with Crippen LogP contribution < -0.4 is 10.6 Å². The van der Waals surface area contributed by atoms with Crippen molar-refractivity contribution in [3.8, 4) is 0 Å². The molecule has 19 heavy (non-hydrogen) atoms. The molecule has 1 amide bonds. The van der Waals surface area contributed by atoms with Gasteiger partial charge in [0.15, 0.2) is 5.82 Å². The number of nitrogens with zero attached hydrogens (tertiary/aromatic N) is 2. The molecule has 1 aliphatic heterocycles. The van der Waals surface area contributed by atoms with Gasteiger partial charge in [0.25, 0.3) is 0 Å². The fourth-order valence-electron chi connectivity index (χ4n) is 2.45. The van der Waals surface area contributed by atoms with E-state index in [9.17, 15) is 4.79 Å². The average Bonchev–Trinajstić information content (AvgIpc) is 2.77. The molecule has 6 heteroatoms. The number of carbonyl (C=O) groups excluding carboxylic acids is 1. The lowest BCUT2D eigenvalue weighted by Crippen LogP contribution is -2.40. The number of amides is 1. The summed E-state index contributed by atoms with van der Waals surface area (Å²) in [5, 5.41) is 9.71. The van der Waals surface area contributed by atoms with E-state index in [0.29, 0.717) is 18.1 Å². The normalized spacial score (nSPS) is 17.6. The van der Waals surface area contributed by atoms with E-state index in [1.54, 1.807) is 13.0 Å². The summed E-state index contributed by atoms with van der Waals surface area (Å²) in [6.07, 6.45) is 2.30. The van der Waals surface area contributed by atoms with Crippen LogP contribution in [0.2, 0.25) is 0 Å². The maximum Gasteiger partial charge on any atom is 0.239 e. The molecule has 2 N–H and O–H groups in total. The van der Waals surface area contributed by atoms with E-state index in [2.05, 4.69) is 20.7 Å². The molecular weight excluding hydrogens is 244 g/mol. The van der Waals surface area contributed by atoms with Crippen molar-refractivity contribution in [2.24, 2.45) is 5.92 Å². The number of hydrogen-bond acceptors (Lipinski definition) is 5. The summed E-state index contributed by atoms with van der Waals surface area (Å²) in [6.45, 7) is 5.26. The highest BCUT2D eigenvalue weighted by atomic mass is 16.5. The van der Waals surface area contributed by atoms with Gasteiger partial charge < -0.3 is 15.2 Å². The molecular formula is C13H22N4O2. The molecule has 1 aromatic heterocycles. The lowest BCUT2D eigenvalue weighted by Gasteiger charge is -2.31. The molecule has 0 bridgehead atoms. The number of nitrogens with one attached hydrogen (secondary N) is 2. The zero-order chi connectivity index (χ0) is 13.7. The van der Waals surface area contributed by atoms with E-state index < -0.39 is 0 Å². The SMILES string of the molecule is CNCC1CCN(CC(=O)Nc2cc(C)on2)CC1. The number of rotatable bonds is 5. The lowest BCUT2D eigenvalue weighted by molar-refractivity contribution is -0.117. The highest BCUT2D eigenvalue weighted by Crippen LogP contribution is 2.16. The van der Waals surface area contributed by atoms with E-state index in [0.717, 1.165) is 38.4 Å². The number of likely N-dealkylation sites (tertiary alicyclic amines) is 1. The Kier molecular flexibility index (Phi) is 4.93. The Labute approximate surface area is 113 Å². The minimum absolute atomic E-state index is 0.0274. The first-order chi connectivity index (χ1) is 9.17. The van der Waals surface area contributed by atoms with Gasteiger partial charge in [0.1, 0.15) is 5.76 Å². The Morgan fingerprint density at radius 2 is 2.26 bits per heavy atom. The second-order valence-electron chi connectivity index (χ2n) is 5.15. The van der Waals surface area contributed by atoms with E-state index in [4.69, 9.17) is 4.52 Å². The number of anilines is 1. The van der Waals surface area contributed by atoms with Crippen molar-refractivity contribution in [3.05, 3.63) is 11.8 Å². The first-order valence-electron chi connectivity index (χ1n) is 6.77. The Morgan fingerprint density at radius 1 is 1.53 bits per heavy atom. The van der Waals surface area contributed by atoms with Crippen LogP contribution in [0, 0.1) is 12.8 Å². The van der Waals surface area contributed by atoms with Crippen LogP contribution in [0.15, 0.2) is 10.6 Å². The van der Waals surface area contributed by atoms with Crippen LogP contribution in [0.1, 0.15) is 18.6 Å². The summed E-state index contributed by atoms with van der Waals surface area (Å²) in [6, 6.07) is 1.72. The van der Waals surface area contributed by atoms with Crippen LogP contribution in [-0.2, 0) is 4.79 Å². The fourth-order valence-corrected chi connectivity index (χ4v) is 2.45. The van der Waals surface area contributed by atoms with Crippen LogP contribution >= 0.6 is 0 Å². The fraction of sp³-hybridized carbons (Fsp3) is 0.692. The summed E-state index contributed by atoms with van der Waals surface area (Å²) in [5.41, 5.74) is 0. The van der Waals surface area contributed by atoms with Gasteiger partial charge in [-0.15, -0.1) is 0 Å². The van der Waals surface area contributed by atoms with Gasteiger partial charge >= 0.3 is 0 Å². The number of aromatic nitrogens is 1. The van der Waals surface area contributed by atoms with Crippen LogP contribution in [0.3, 0.4) is 0 Å². The summed E-state index contributed by atoms with van der Waals surface area (Å²) in [4.78, 5) is 14.0. The Balaban J connectivity index is 1.71. The van der Waals surface area contributed by atoms with Gasteiger partial charge in [-0.2, -0.15) is 0 Å². The summed E-state index contributed by atoms with van der Waals surface area (Å²) in [5.74, 6) is 1.90. The predicted octanol–water partition coefficient (Wildman–Crippen LogP) is 0.853. The van der Waals surface area contributed by atoms with Crippen molar-refractivity contribution in [1.29, 1.82) is 0 Å². The zero-order valence-corrected chi connectivity index (χ0v) is 11.6. The molecule has 106 valence electrons. The second-order valence-corrected chi connectivity index (χ2v) is 5.15. The maximum absolute atomic E-state index is 11.9. The third-order valence-electron chi connectivity index (χ3n) is 3.46. The molecule has 1 aromatic rings. The number of piperidine rings is 1. The van der Waals surface area contributed by atoms with E-state index in [1.165, 1.54) is 0 Å².